The number of nitrogens with zero attached hydrogens (tertiary/aromatic N) is 3. The second-order valence-electron chi connectivity index (χ2n) is 3.92. The molecule has 0 atom stereocenters. The highest BCUT2D eigenvalue weighted by molar-refractivity contribution is 9.10. The predicted molar refractivity (Wildman–Crippen MR) is 77.7 cm³/mol. The Labute approximate surface area is 123 Å². The zero-order valence-electron chi connectivity index (χ0n) is 9.97. The summed E-state index contributed by atoms with van der Waals surface area (Å²) in [6, 6.07) is 9.30. The van der Waals surface area contributed by atoms with E-state index in [9.17, 15) is 0 Å². The summed E-state index contributed by atoms with van der Waals surface area (Å²) in [6.45, 7) is 0. The molecular formula is C13H9BrClN3O. The van der Waals surface area contributed by atoms with Gasteiger partial charge < -0.3 is 4.74 Å². The molecule has 0 unspecified atom stereocenters. The molecule has 1 aromatic carbocycles. The molecule has 0 spiro atoms. The molecule has 0 N–H and O–H groups in total. The van der Waals surface area contributed by atoms with Crippen LogP contribution in [0.15, 0.2) is 41.1 Å². The average molecular weight is 339 g/mol. The van der Waals surface area contributed by atoms with E-state index in [4.69, 9.17) is 16.3 Å². The molecule has 0 fully saturated rings. The van der Waals surface area contributed by atoms with Gasteiger partial charge in [-0.25, -0.2) is 9.50 Å². The molecule has 0 aliphatic rings. The lowest BCUT2D eigenvalue weighted by molar-refractivity contribution is 0.415. The zero-order chi connectivity index (χ0) is 13.4. The van der Waals surface area contributed by atoms with Crippen LogP contribution in [-0.4, -0.2) is 21.7 Å². The third-order valence-corrected chi connectivity index (χ3v) is 3.63. The van der Waals surface area contributed by atoms with Crippen molar-refractivity contribution in [3.63, 3.8) is 0 Å². The monoisotopic (exact) mass is 337 g/mol. The average Bonchev–Trinajstić information content (AvgIpc) is 2.80. The van der Waals surface area contributed by atoms with Crippen LogP contribution in [0.1, 0.15) is 0 Å². The highest BCUT2D eigenvalue weighted by Crippen LogP contribution is 2.30. The van der Waals surface area contributed by atoms with Crippen molar-refractivity contribution in [2.24, 2.45) is 0 Å². The number of methoxy groups -OCH3 is 1. The summed E-state index contributed by atoms with van der Waals surface area (Å²) in [5.74, 6) is 0.721. The Kier molecular flexibility index (Phi) is 3.16. The maximum Gasteiger partial charge on any atom is 0.154 e. The highest BCUT2D eigenvalue weighted by Gasteiger charge is 2.09. The van der Waals surface area contributed by atoms with Crippen molar-refractivity contribution in [1.82, 2.24) is 14.6 Å². The molecule has 0 bridgehead atoms. The standard InChI is InChI=1S/C13H9BrClN3O/c1-19-8-2-3-9(10(15)6-8)11-4-5-13-16-7-12(14)18(13)17-11/h2-7H,1H3. The van der Waals surface area contributed by atoms with Crippen LogP contribution >= 0.6 is 27.5 Å². The summed E-state index contributed by atoms with van der Waals surface area (Å²) >= 11 is 9.65. The van der Waals surface area contributed by atoms with Crippen molar-refractivity contribution in [1.29, 1.82) is 0 Å². The van der Waals surface area contributed by atoms with Gasteiger partial charge in [-0.2, -0.15) is 5.10 Å². The fourth-order valence-electron chi connectivity index (χ4n) is 1.82. The van der Waals surface area contributed by atoms with Crippen molar-refractivity contribution in [2.45, 2.75) is 0 Å². The number of rotatable bonds is 2. The van der Waals surface area contributed by atoms with E-state index in [1.807, 2.05) is 24.3 Å². The molecule has 0 radical (unpaired) electrons. The van der Waals surface area contributed by atoms with Gasteiger partial charge >= 0.3 is 0 Å². The summed E-state index contributed by atoms with van der Waals surface area (Å²) in [5.41, 5.74) is 2.41. The predicted octanol–water partition coefficient (Wildman–Crippen LogP) is 3.82. The van der Waals surface area contributed by atoms with Crippen LogP contribution in [0.3, 0.4) is 0 Å². The van der Waals surface area contributed by atoms with Gasteiger partial charge in [0.05, 0.1) is 24.0 Å². The molecule has 3 rings (SSSR count). The zero-order valence-corrected chi connectivity index (χ0v) is 12.3. The van der Waals surface area contributed by atoms with Crippen LogP contribution in [0.5, 0.6) is 5.75 Å². The molecule has 4 nitrogen and oxygen atoms in total. The number of aromatic nitrogens is 3. The SMILES string of the molecule is COc1ccc(-c2ccc3ncc(Br)n3n2)c(Cl)c1. The Morgan fingerprint density at radius 2 is 2.11 bits per heavy atom. The van der Waals surface area contributed by atoms with E-state index in [0.29, 0.717) is 5.02 Å². The van der Waals surface area contributed by atoms with E-state index in [1.165, 1.54) is 0 Å². The molecular weight excluding hydrogens is 330 g/mol. The summed E-state index contributed by atoms with van der Waals surface area (Å²) in [6.07, 6.45) is 1.71. The molecule has 0 saturated carbocycles. The van der Waals surface area contributed by atoms with Crippen LogP contribution in [0.25, 0.3) is 16.9 Å². The number of imidazole rings is 1. The molecule has 3 aromatic rings. The minimum atomic E-state index is 0.599. The molecule has 2 aromatic heterocycles. The van der Waals surface area contributed by atoms with E-state index in [0.717, 1.165) is 27.3 Å². The number of hydrogen-bond acceptors (Lipinski definition) is 3. The van der Waals surface area contributed by atoms with Gasteiger partial charge in [0, 0.05) is 5.56 Å². The van der Waals surface area contributed by atoms with Crippen LogP contribution in [0, 0.1) is 0 Å². The van der Waals surface area contributed by atoms with Crippen LogP contribution in [0.2, 0.25) is 5.02 Å². The fourth-order valence-corrected chi connectivity index (χ4v) is 2.45. The first-order valence-electron chi connectivity index (χ1n) is 5.53. The summed E-state index contributed by atoms with van der Waals surface area (Å²) in [4.78, 5) is 4.20. The summed E-state index contributed by atoms with van der Waals surface area (Å²) in [7, 11) is 1.61. The molecule has 0 amide bonds. The Balaban J connectivity index is 2.15. The minimum Gasteiger partial charge on any atom is -0.497 e. The quantitative estimate of drug-likeness (QED) is 0.713. The van der Waals surface area contributed by atoms with Gasteiger partial charge in [-0.15, -0.1) is 0 Å². The third kappa shape index (κ3) is 2.19. The molecule has 0 saturated heterocycles. The van der Waals surface area contributed by atoms with Crippen molar-refractivity contribution >= 4 is 33.2 Å². The van der Waals surface area contributed by atoms with Crippen molar-refractivity contribution < 1.29 is 4.74 Å². The Morgan fingerprint density at radius 1 is 1.26 bits per heavy atom. The lowest BCUT2D eigenvalue weighted by atomic mass is 10.1. The van der Waals surface area contributed by atoms with Crippen molar-refractivity contribution in [3.05, 3.63) is 46.2 Å². The van der Waals surface area contributed by atoms with Gasteiger partial charge in [0.2, 0.25) is 0 Å². The lowest BCUT2D eigenvalue weighted by Crippen LogP contribution is -1.95. The summed E-state index contributed by atoms with van der Waals surface area (Å²) < 4.78 is 7.65. The maximum absolute atomic E-state index is 6.25. The van der Waals surface area contributed by atoms with Gasteiger partial charge in [-0.3, -0.25) is 0 Å². The number of hydrogen-bond donors (Lipinski definition) is 0. The second-order valence-corrected chi connectivity index (χ2v) is 5.13. The van der Waals surface area contributed by atoms with Crippen LogP contribution < -0.4 is 4.74 Å². The Hall–Kier alpha value is -1.59. The first-order valence-corrected chi connectivity index (χ1v) is 6.70. The largest absolute Gasteiger partial charge is 0.497 e. The second kappa shape index (κ2) is 4.83. The van der Waals surface area contributed by atoms with Gasteiger partial charge in [0.15, 0.2) is 5.65 Å². The van der Waals surface area contributed by atoms with E-state index in [2.05, 4.69) is 26.0 Å². The molecule has 2 heterocycles. The highest BCUT2D eigenvalue weighted by atomic mass is 79.9. The third-order valence-electron chi connectivity index (χ3n) is 2.77. The van der Waals surface area contributed by atoms with Crippen LogP contribution in [-0.2, 0) is 0 Å². The maximum atomic E-state index is 6.25. The summed E-state index contributed by atoms with van der Waals surface area (Å²) in [5, 5.41) is 5.10. The van der Waals surface area contributed by atoms with E-state index in [-0.39, 0.29) is 0 Å². The first kappa shape index (κ1) is 12.4. The Bertz CT molecular complexity index is 757. The molecule has 0 aliphatic heterocycles. The molecule has 19 heavy (non-hydrogen) atoms. The molecule has 0 aliphatic carbocycles. The molecule has 96 valence electrons. The van der Waals surface area contributed by atoms with E-state index in [1.54, 1.807) is 23.9 Å². The van der Waals surface area contributed by atoms with Crippen LogP contribution in [0.4, 0.5) is 0 Å². The van der Waals surface area contributed by atoms with E-state index < -0.39 is 0 Å². The normalized spacial score (nSPS) is 10.9. The van der Waals surface area contributed by atoms with Gasteiger partial charge in [0.25, 0.3) is 0 Å². The lowest BCUT2D eigenvalue weighted by Gasteiger charge is -2.06. The van der Waals surface area contributed by atoms with Crippen molar-refractivity contribution in [2.75, 3.05) is 7.11 Å². The van der Waals surface area contributed by atoms with Gasteiger partial charge in [-0.05, 0) is 46.3 Å². The number of ether oxygens (including phenoxy) is 1. The molecule has 6 heteroatoms. The Morgan fingerprint density at radius 3 is 2.84 bits per heavy atom. The fraction of sp³-hybridized carbons (Fsp3) is 0.0769. The van der Waals surface area contributed by atoms with Gasteiger partial charge in [-0.1, -0.05) is 11.6 Å². The van der Waals surface area contributed by atoms with Gasteiger partial charge in [0.1, 0.15) is 10.4 Å². The number of fused-ring (bicyclic) bond motifs is 1. The van der Waals surface area contributed by atoms with E-state index >= 15 is 0 Å². The minimum absolute atomic E-state index is 0.599. The smallest absolute Gasteiger partial charge is 0.154 e. The topological polar surface area (TPSA) is 39.4 Å². The first-order chi connectivity index (χ1) is 9.19. The number of benzene rings is 1. The van der Waals surface area contributed by atoms with Crippen molar-refractivity contribution in [3.8, 4) is 17.0 Å². The number of halogens is 2.